The van der Waals surface area contributed by atoms with Crippen LogP contribution in [0.2, 0.25) is 0 Å². The third-order valence-electron chi connectivity index (χ3n) is 11.7. The standard InChI is InChI=1S/C59H104O5/c1-4-7-10-13-16-19-22-25-27-28-29-30-31-33-36-39-42-45-48-51-54-62-55-57(64-59(61)53-50-47-44-41-38-34-24-21-18-15-12-9-6-3)56-63-58(60)52-49-46-43-40-37-35-32-26-23-20-17-14-11-8-5-2/h8,11,16-17,19-21,24-27,32,57H,4-7,9-10,12-15,18,22-23,28-31,33-56H2,1-3H3/b11-8-,19-16-,20-17-,24-21-,27-25-,32-26-. The number of allylic oxidation sites excluding steroid dienone is 12. The van der Waals surface area contributed by atoms with Gasteiger partial charge < -0.3 is 14.2 Å². The number of hydrogen-bond donors (Lipinski definition) is 0. The van der Waals surface area contributed by atoms with Crippen molar-refractivity contribution in [2.75, 3.05) is 19.8 Å². The van der Waals surface area contributed by atoms with Crippen molar-refractivity contribution < 1.29 is 23.8 Å². The Bertz CT molecular complexity index is 1150. The predicted octanol–water partition coefficient (Wildman–Crippen LogP) is 18.7. The molecule has 0 N–H and O–H groups in total. The maximum Gasteiger partial charge on any atom is 0.306 e. The van der Waals surface area contributed by atoms with E-state index in [2.05, 4.69) is 93.7 Å². The van der Waals surface area contributed by atoms with E-state index < -0.39 is 6.10 Å². The SMILES string of the molecule is CC/C=C\C/C=C\C/C=C\CCCCCCCC(=O)OCC(COCCCCCCCCCCCC/C=C\C/C=C\CCCCC)OC(=O)CCCCCCC/C=C\CCCCCC. The van der Waals surface area contributed by atoms with Crippen molar-refractivity contribution >= 4 is 11.9 Å². The van der Waals surface area contributed by atoms with E-state index in [-0.39, 0.29) is 25.2 Å². The molecule has 0 fully saturated rings. The van der Waals surface area contributed by atoms with Crippen LogP contribution >= 0.6 is 0 Å². The minimum atomic E-state index is -0.551. The van der Waals surface area contributed by atoms with Crippen LogP contribution in [0.5, 0.6) is 0 Å². The van der Waals surface area contributed by atoms with Gasteiger partial charge in [-0.2, -0.15) is 0 Å². The Morgan fingerprint density at radius 1 is 0.359 bits per heavy atom. The molecule has 1 atom stereocenters. The van der Waals surface area contributed by atoms with Crippen LogP contribution in [0.15, 0.2) is 72.9 Å². The highest BCUT2D eigenvalue weighted by Crippen LogP contribution is 2.14. The van der Waals surface area contributed by atoms with Gasteiger partial charge in [0.05, 0.1) is 6.61 Å². The van der Waals surface area contributed by atoms with E-state index >= 15 is 0 Å². The molecule has 0 aromatic rings. The molecular weight excluding hydrogens is 789 g/mol. The number of esters is 2. The molecule has 0 aliphatic carbocycles. The fraction of sp³-hybridized carbons (Fsp3) is 0.763. The number of hydrogen-bond acceptors (Lipinski definition) is 5. The first kappa shape index (κ1) is 61.3. The molecule has 64 heavy (non-hydrogen) atoms. The molecule has 0 rings (SSSR count). The lowest BCUT2D eigenvalue weighted by Crippen LogP contribution is -2.30. The van der Waals surface area contributed by atoms with E-state index in [0.717, 1.165) is 89.9 Å². The van der Waals surface area contributed by atoms with E-state index in [0.29, 0.717) is 19.4 Å². The minimum absolute atomic E-state index is 0.0706. The van der Waals surface area contributed by atoms with Crippen molar-refractivity contribution in [1.82, 2.24) is 0 Å². The number of ether oxygens (including phenoxy) is 3. The Morgan fingerprint density at radius 3 is 1.17 bits per heavy atom. The van der Waals surface area contributed by atoms with Gasteiger partial charge in [0, 0.05) is 19.4 Å². The molecule has 0 spiro atoms. The highest BCUT2D eigenvalue weighted by molar-refractivity contribution is 5.70. The molecule has 5 nitrogen and oxygen atoms in total. The molecule has 0 aliphatic heterocycles. The number of carbonyl (C=O) groups is 2. The largest absolute Gasteiger partial charge is 0.462 e. The smallest absolute Gasteiger partial charge is 0.306 e. The molecule has 1 unspecified atom stereocenters. The Morgan fingerprint density at radius 2 is 0.703 bits per heavy atom. The Balaban J connectivity index is 4.27. The van der Waals surface area contributed by atoms with E-state index in [4.69, 9.17) is 14.2 Å². The summed E-state index contributed by atoms with van der Waals surface area (Å²) in [5.74, 6) is -0.423. The molecule has 0 amide bonds. The molecule has 0 heterocycles. The first-order valence-electron chi connectivity index (χ1n) is 27.5. The van der Waals surface area contributed by atoms with E-state index in [1.807, 2.05) is 0 Å². The summed E-state index contributed by atoms with van der Waals surface area (Å²) in [5.41, 5.74) is 0. The van der Waals surface area contributed by atoms with Crippen LogP contribution in [-0.2, 0) is 23.8 Å². The van der Waals surface area contributed by atoms with Crippen LogP contribution in [0.4, 0.5) is 0 Å². The predicted molar refractivity (Wildman–Crippen MR) is 279 cm³/mol. The summed E-state index contributed by atoms with van der Waals surface area (Å²) >= 11 is 0. The zero-order valence-electron chi connectivity index (χ0n) is 42.5. The van der Waals surface area contributed by atoms with Crippen molar-refractivity contribution in [3.63, 3.8) is 0 Å². The third-order valence-corrected chi connectivity index (χ3v) is 11.7. The first-order chi connectivity index (χ1) is 31.6. The van der Waals surface area contributed by atoms with Gasteiger partial charge in [-0.15, -0.1) is 0 Å². The van der Waals surface area contributed by atoms with Gasteiger partial charge in [-0.1, -0.05) is 216 Å². The summed E-state index contributed by atoms with van der Waals surface area (Å²) in [6.07, 6.45) is 70.6. The van der Waals surface area contributed by atoms with Gasteiger partial charge in [0.2, 0.25) is 0 Å². The number of rotatable bonds is 50. The molecule has 0 aliphatic rings. The topological polar surface area (TPSA) is 61.8 Å². The van der Waals surface area contributed by atoms with Gasteiger partial charge in [-0.3, -0.25) is 9.59 Å². The maximum absolute atomic E-state index is 12.8. The van der Waals surface area contributed by atoms with Gasteiger partial charge >= 0.3 is 11.9 Å². The molecule has 0 aromatic carbocycles. The zero-order valence-corrected chi connectivity index (χ0v) is 42.5. The number of unbranched alkanes of at least 4 members (excludes halogenated alkanes) is 27. The van der Waals surface area contributed by atoms with E-state index in [9.17, 15) is 9.59 Å². The zero-order chi connectivity index (χ0) is 46.3. The molecule has 370 valence electrons. The molecule has 0 aromatic heterocycles. The molecule has 5 heteroatoms. The Hall–Kier alpha value is -2.66. The van der Waals surface area contributed by atoms with Gasteiger partial charge in [-0.25, -0.2) is 0 Å². The average Bonchev–Trinajstić information content (AvgIpc) is 3.30. The first-order valence-corrected chi connectivity index (χ1v) is 27.5. The van der Waals surface area contributed by atoms with Crippen molar-refractivity contribution in [3.05, 3.63) is 72.9 Å². The van der Waals surface area contributed by atoms with Crippen molar-refractivity contribution in [2.24, 2.45) is 0 Å². The molecule has 0 saturated heterocycles. The minimum Gasteiger partial charge on any atom is -0.462 e. The molecule has 0 radical (unpaired) electrons. The summed E-state index contributed by atoms with van der Waals surface area (Å²) in [6, 6.07) is 0. The third kappa shape index (κ3) is 52.0. The van der Waals surface area contributed by atoms with Gasteiger partial charge in [0.1, 0.15) is 6.61 Å². The lowest BCUT2D eigenvalue weighted by Gasteiger charge is -2.18. The van der Waals surface area contributed by atoms with Crippen LogP contribution in [0.25, 0.3) is 0 Å². The van der Waals surface area contributed by atoms with Crippen molar-refractivity contribution in [3.8, 4) is 0 Å². The second-order valence-electron chi connectivity index (χ2n) is 18.1. The van der Waals surface area contributed by atoms with Crippen LogP contribution < -0.4 is 0 Å². The second-order valence-corrected chi connectivity index (χ2v) is 18.1. The van der Waals surface area contributed by atoms with Crippen molar-refractivity contribution in [1.29, 1.82) is 0 Å². The molecule has 0 bridgehead atoms. The normalized spacial score (nSPS) is 12.7. The summed E-state index contributed by atoms with van der Waals surface area (Å²) in [5, 5.41) is 0. The lowest BCUT2D eigenvalue weighted by atomic mass is 10.1. The van der Waals surface area contributed by atoms with E-state index in [1.165, 1.54) is 141 Å². The van der Waals surface area contributed by atoms with Gasteiger partial charge in [0.15, 0.2) is 6.10 Å². The van der Waals surface area contributed by atoms with Crippen LogP contribution in [-0.4, -0.2) is 37.9 Å². The van der Waals surface area contributed by atoms with Crippen LogP contribution in [0, 0.1) is 0 Å². The van der Waals surface area contributed by atoms with Gasteiger partial charge in [-0.05, 0) is 109 Å². The Labute approximate surface area is 397 Å². The van der Waals surface area contributed by atoms with E-state index in [1.54, 1.807) is 0 Å². The molecule has 0 saturated carbocycles. The van der Waals surface area contributed by atoms with Crippen LogP contribution in [0.1, 0.15) is 265 Å². The lowest BCUT2D eigenvalue weighted by molar-refractivity contribution is -0.163. The second kappa shape index (κ2) is 54.7. The maximum atomic E-state index is 12.8. The van der Waals surface area contributed by atoms with Crippen molar-refractivity contribution in [2.45, 2.75) is 271 Å². The highest BCUT2D eigenvalue weighted by atomic mass is 16.6. The number of carbonyl (C=O) groups excluding carboxylic acids is 2. The average molecular weight is 893 g/mol. The quantitative estimate of drug-likeness (QED) is 0.0346. The fourth-order valence-electron chi connectivity index (χ4n) is 7.61. The summed E-state index contributed by atoms with van der Waals surface area (Å²) in [7, 11) is 0. The molecular formula is C59H104O5. The fourth-order valence-corrected chi connectivity index (χ4v) is 7.61. The highest BCUT2D eigenvalue weighted by Gasteiger charge is 2.17. The monoisotopic (exact) mass is 893 g/mol. The summed E-state index contributed by atoms with van der Waals surface area (Å²) in [4.78, 5) is 25.4. The summed E-state index contributed by atoms with van der Waals surface area (Å²) < 4.78 is 17.4. The Kier molecular flexibility index (Phi) is 52.4. The van der Waals surface area contributed by atoms with Gasteiger partial charge in [0.25, 0.3) is 0 Å². The van der Waals surface area contributed by atoms with Crippen LogP contribution in [0.3, 0.4) is 0 Å². The summed E-state index contributed by atoms with van der Waals surface area (Å²) in [6.45, 7) is 7.66.